The Labute approximate surface area is 484 Å². The van der Waals surface area contributed by atoms with Crippen LogP contribution in [0.5, 0.6) is 0 Å². The van der Waals surface area contributed by atoms with Crippen molar-refractivity contribution in [2.75, 3.05) is 13.2 Å². The second-order valence-corrected chi connectivity index (χ2v) is 22.4. The Morgan fingerprint density at radius 1 is 0.269 bits per heavy atom. The molecule has 0 fully saturated rings. The van der Waals surface area contributed by atoms with E-state index in [0.717, 1.165) is 103 Å². The van der Waals surface area contributed by atoms with E-state index >= 15 is 0 Å². The molecule has 0 bridgehead atoms. The van der Waals surface area contributed by atoms with Crippen LogP contribution in [0.4, 0.5) is 0 Å². The maximum absolute atomic E-state index is 12.9. The molecule has 0 aromatic rings. The molecule has 6 heteroatoms. The molecular formula is C72H126O6. The zero-order chi connectivity index (χ0) is 56.4. The van der Waals surface area contributed by atoms with E-state index in [0.29, 0.717) is 19.3 Å². The average Bonchev–Trinajstić information content (AvgIpc) is 3.44. The van der Waals surface area contributed by atoms with Crippen LogP contribution in [0.25, 0.3) is 0 Å². The summed E-state index contributed by atoms with van der Waals surface area (Å²) >= 11 is 0. The molecule has 450 valence electrons. The fourth-order valence-electron chi connectivity index (χ4n) is 9.62. The Morgan fingerprint density at radius 2 is 0.500 bits per heavy atom. The number of hydrogen-bond acceptors (Lipinski definition) is 6. The van der Waals surface area contributed by atoms with E-state index < -0.39 is 6.10 Å². The molecule has 0 aromatic carbocycles. The molecule has 0 saturated carbocycles. The second kappa shape index (κ2) is 66.1. The summed E-state index contributed by atoms with van der Waals surface area (Å²) in [7, 11) is 0. The van der Waals surface area contributed by atoms with Gasteiger partial charge in [-0.1, -0.05) is 305 Å². The molecule has 1 unspecified atom stereocenters. The summed E-state index contributed by atoms with van der Waals surface area (Å²) < 4.78 is 16.9. The molecule has 0 aliphatic heterocycles. The van der Waals surface area contributed by atoms with E-state index in [1.807, 2.05) is 0 Å². The van der Waals surface area contributed by atoms with Gasteiger partial charge in [-0.15, -0.1) is 0 Å². The Bertz CT molecular complexity index is 1480. The third-order valence-corrected chi connectivity index (χ3v) is 14.6. The third-order valence-electron chi connectivity index (χ3n) is 14.6. The van der Waals surface area contributed by atoms with Gasteiger partial charge in [-0.2, -0.15) is 0 Å². The van der Waals surface area contributed by atoms with Crippen molar-refractivity contribution in [1.29, 1.82) is 0 Å². The van der Waals surface area contributed by atoms with Gasteiger partial charge in [-0.25, -0.2) is 0 Å². The van der Waals surface area contributed by atoms with Crippen molar-refractivity contribution in [3.63, 3.8) is 0 Å². The van der Waals surface area contributed by atoms with Crippen molar-refractivity contribution in [1.82, 2.24) is 0 Å². The third kappa shape index (κ3) is 63.4. The summed E-state index contributed by atoms with van der Waals surface area (Å²) in [6.07, 6.45) is 87.6. The lowest BCUT2D eigenvalue weighted by Gasteiger charge is -2.18. The SMILES string of the molecule is CC/C=C\C/C=C\C/C=C\C/C=C\C/C=C\C/C=C\CCCCCCCCCCCCCCCCCCC(=O)OCC(COC(=O)CCCCCCCCCCC)OC(=O)CCCCCCC/C=C\CCCCCCCCC. The molecule has 78 heavy (non-hydrogen) atoms. The van der Waals surface area contributed by atoms with Crippen molar-refractivity contribution in [3.8, 4) is 0 Å². The van der Waals surface area contributed by atoms with Crippen molar-refractivity contribution in [2.24, 2.45) is 0 Å². The molecule has 0 aliphatic carbocycles. The Balaban J connectivity index is 4.06. The minimum atomic E-state index is -0.776. The summed E-state index contributed by atoms with van der Waals surface area (Å²) in [5.41, 5.74) is 0. The van der Waals surface area contributed by atoms with E-state index in [9.17, 15) is 14.4 Å². The van der Waals surface area contributed by atoms with E-state index in [-0.39, 0.29) is 31.1 Å². The van der Waals surface area contributed by atoms with E-state index in [2.05, 4.69) is 106 Å². The number of rotatable bonds is 61. The first-order chi connectivity index (χ1) is 38.5. The molecule has 6 nitrogen and oxygen atoms in total. The molecule has 0 spiro atoms. The Kier molecular flexibility index (Phi) is 63.2. The van der Waals surface area contributed by atoms with Gasteiger partial charge in [0.05, 0.1) is 0 Å². The molecule has 0 amide bonds. The summed E-state index contributed by atoms with van der Waals surface area (Å²) in [6, 6.07) is 0. The first-order valence-corrected chi connectivity index (χ1v) is 33.6. The van der Waals surface area contributed by atoms with E-state index in [4.69, 9.17) is 14.2 Å². The Morgan fingerprint density at radius 3 is 0.795 bits per heavy atom. The number of hydrogen-bond donors (Lipinski definition) is 0. The highest BCUT2D eigenvalue weighted by Crippen LogP contribution is 2.17. The number of esters is 3. The van der Waals surface area contributed by atoms with Crippen molar-refractivity contribution in [2.45, 2.75) is 341 Å². The first kappa shape index (κ1) is 74.6. The van der Waals surface area contributed by atoms with Crippen LogP contribution in [0.1, 0.15) is 335 Å². The standard InChI is InChI=1S/C72H126O6/c1-4-7-10-13-16-19-21-23-25-27-28-29-30-31-32-33-34-35-36-37-38-39-40-41-42-43-44-45-47-48-50-53-56-59-62-65-71(74)77-68-69(67-76-70(73)64-61-58-55-52-18-15-12-9-6-3)78-72(75)66-63-60-57-54-51-49-46-26-24-22-20-17-14-11-8-5-2/h7,10,16,19,23,25-26,28-29,31-32,34-35,46,69H,4-6,8-9,11-15,17-18,20-22,24,27,30,33,36-45,47-68H2,1-3H3/b10-7-,19-16-,25-23-,29-28-,32-31-,35-34-,46-26-. The summed E-state index contributed by atoms with van der Waals surface area (Å²) in [4.78, 5) is 38.2. The predicted octanol–water partition coefficient (Wildman–Crippen LogP) is 23.1. The molecule has 0 aliphatic rings. The van der Waals surface area contributed by atoms with E-state index in [1.54, 1.807) is 0 Å². The van der Waals surface area contributed by atoms with Crippen LogP contribution in [0.3, 0.4) is 0 Å². The highest BCUT2D eigenvalue weighted by Gasteiger charge is 2.19. The molecule has 0 N–H and O–H groups in total. The van der Waals surface area contributed by atoms with Gasteiger partial charge < -0.3 is 14.2 Å². The molecule has 0 radical (unpaired) electrons. The van der Waals surface area contributed by atoms with Gasteiger partial charge in [0.1, 0.15) is 13.2 Å². The maximum Gasteiger partial charge on any atom is 0.306 e. The average molecular weight is 1090 g/mol. The molecule has 0 heterocycles. The van der Waals surface area contributed by atoms with Crippen LogP contribution >= 0.6 is 0 Å². The van der Waals surface area contributed by atoms with Gasteiger partial charge in [0.25, 0.3) is 0 Å². The summed E-state index contributed by atoms with van der Waals surface area (Å²) in [6.45, 7) is 6.53. The lowest BCUT2D eigenvalue weighted by molar-refractivity contribution is -0.167. The van der Waals surface area contributed by atoms with Crippen LogP contribution in [0.15, 0.2) is 85.1 Å². The van der Waals surface area contributed by atoms with Gasteiger partial charge >= 0.3 is 17.9 Å². The normalized spacial score (nSPS) is 12.6. The largest absolute Gasteiger partial charge is 0.462 e. The van der Waals surface area contributed by atoms with Crippen LogP contribution in [-0.4, -0.2) is 37.2 Å². The minimum absolute atomic E-state index is 0.0743. The molecule has 1 atom stereocenters. The van der Waals surface area contributed by atoms with Crippen molar-refractivity contribution in [3.05, 3.63) is 85.1 Å². The molecular weight excluding hydrogens is 961 g/mol. The highest BCUT2D eigenvalue weighted by molar-refractivity contribution is 5.71. The topological polar surface area (TPSA) is 78.9 Å². The maximum atomic E-state index is 12.9. The molecule has 0 rings (SSSR count). The zero-order valence-electron chi connectivity index (χ0n) is 51.7. The van der Waals surface area contributed by atoms with Gasteiger partial charge in [0.15, 0.2) is 6.10 Å². The quantitative estimate of drug-likeness (QED) is 0.0261. The van der Waals surface area contributed by atoms with Crippen LogP contribution < -0.4 is 0 Å². The lowest BCUT2D eigenvalue weighted by Crippen LogP contribution is -2.30. The van der Waals surface area contributed by atoms with Crippen molar-refractivity contribution < 1.29 is 28.6 Å². The predicted molar refractivity (Wildman–Crippen MR) is 339 cm³/mol. The number of unbranched alkanes of at least 4 members (excludes halogenated alkanes) is 36. The number of allylic oxidation sites excluding steroid dienone is 14. The monoisotopic (exact) mass is 1090 g/mol. The van der Waals surface area contributed by atoms with Crippen LogP contribution in [-0.2, 0) is 28.6 Å². The fourth-order valence-corrected chi connectivity index (χ4v) is 9.62. The van der Waals surface area contributed by atoms with Gasteiger partial charge in [-0.3, -0.25) is 14.4 Å². The summed E-state index contributed by atoms with van der Waals surface area (Å²) in [5, 5.41) is 0. The number of carbonyl (C=O) groups excluding carboxylic acids is 3. The number of ether oxygens (including phenoxy) is 3. The van der Waals surface area contributed by atoms with Crippen LogP contribution in [0.2, 0.25) is 0 Å². The zero-order valence-corrected chi connectivity index (χ0v) is 51.7. The highest BCUT2D eigenvalue weighted by atomic mass is 16.6. The fraction of sp³-hybridized carbons (Fsp3) is 0.764. The first-order valence-electron chi connectivity index (χ1n) is 33.6. The van der Waals surface area contributed by atoms with Crippen LogP contribution in [0, 0.1) is 0 Å². The molecule has 0 saturated heterocycles. The number of carbonyl (C=O) groups is 3. The summed E-state index contributed by atoms with van der Waals surface area (Å²) in [5.74, 6) is -0.871. The second-order valence-electron chi connectivity index (χ2n) is 22.4. The van der Waals surface area contributed by atoms with Gasteiger partial charge in [0, 0.05) is 19.3 Å². The van der Waals surface area contributed by atoms with Crippen molar-refractivity contribution >= 4 is 17.9 Å². The minimum Gasteiger partial charge on any atom is -0.462 e. The van der Waals surface area contributed by atoms with Gasteiger partial charge in [-0.05, 0) is 96.3 Å². The lowest BCUT2D eigenvalue weighted by atomic mass is 10.0. The smallest absolute Gasteiger partial charge is 0.306 e. The van der Waals surface area contributed by atoms with Gasteiger partial charge in [0.2, 0.25) is 0 Å². The van der Waals surface area contributed by atoms with E-state index in [1.165, 1.54) is 193 Å². The Hall–Kier alpha value is -3.41. The molecule has 0 aromatic heterocycles.